The Morgan fingerprint density at radius 3 is 2.52 bits per heavy atom. The van der Waals surface area contributed by atoms with Crippen molar-refractivity contribution in [1.82, 2.24) is 10.2 Å². The lowest BCUT2D eigenvalue weighted by Gasteiger charge is -2.26. The van der Waals surface area contributed by atoms with Gasteiger partial charge >= 0.3 is 6.18 Å². The number of benzene rings is 1. The minimum atomic E-state index is -4.52. The molecule has 29 heavy (non-hydrogen) atoms. The largest absolute Gasteiger partial charge is 0.405 e. The van der Waals surface area contributed by atoms with Gasteiger partial charge in [-0.15, -0.1) is 11.8 Å². The molecule has 1 heterocycles. The third-order valence-corrected chi connectivity index (χ3v) is 5.37. The van der Waals surface area contributed by atoms with Crippen molar-refractivity contribution in [1.29, 1.82) is 0 Å². The second kappa shape index (κ2) is 9.95. The van der Waals surface area contributed by atoms with Gasteiger partial charge in [0.1, 0.15) is 18.4 Å². The van der Waals surface area contributed by atoms with Gasteiger partial charge in [0, 0.05) is 12.2 Å². The van der Waals surface area contributed by atoms with Gasteiger partial charge in [-0.05, 0) is 44.0 Å². The molecule has 1 fully saturated rings. The Kier molecular flexibility index (Phi) is 7.88. The topological polar surface area (TPSA) is 78.5 Å². The number of carbonyl (C=O) groups excluding carboxylic acids is 3. The number of hydrogen-bond donors (Lipinski definition) is 2. The highest BCUT2D eigenvalue weighted by Crippen LogP contribution is 2.23. The summed E-state index contributed by atoms with van der Waals surface area (Å²) < 4.78 is 49.7. The van der Waals surface area contributed by atoms with Gasteiger partial charge in [0.2, 0.25) is 17.7 Å². The summed E-state index contributed by atoms with van der Waals surface area (Å²) in [6.07, 6.45) is -3.72. The molecule has 0 radical (unpaired) electrons. The Hall–Kier alpha value is -2.30. The van der Waals surface area contributed by atoms with Crippen molar-refractivity contribution in [2.45, 2.75) is 37.2 Å². The van der Waals surface area contributed by atoms with Crippen LogP contribution < -0.4 is 10.6 Å². The van der Waals surface area contributed by atoms with E-state index in [2.05, 4.69) is 5.32 Å². The molecule has 2 rings (SSSR count). The van der Waals surface area contributed by atoms with Crippen LogP contribution in [0.3, 0.4) is 0 Å². The Bertz CT molecular complexity index is 743. The van der Waals surface area contributed by atoms with Crippen molar-refractivity contribution in [3.63, 3.8) is 0 Å². The molecule has 160 valence electrons. The number of amides is 3. The van der Waals surface area contributed by atoms with E-state index in [1.54, 1.807) is 6.92 Å². The van der Waals surface area contributed by atoms with Gasteiger partial charge < -0.3 is 15.5 Å². The number of anilines is 1. The van der Waals surface area contributed by atoms with E-state index in [1.807, 2.05) is 5.32 Å². The lowest BCUT2D eigenvalue weighted by Crippen LogP contribution is -2.49. The van der Waals surface area contributed by atoms with E-state index in [4.69, 9.17) is 0 Å². The first-order valence-corrected chi connectivity index (χ1v) is 9.93. The van der Waals surface area contributed by atoms with Gasteiger partial charge in [-0.2, -0.15) is 13.2 Å². The molecule has 0 bridgehead atoms. The molecule has 3 amide bonds. The summed E-state index contributed by atoms with van der Waals surface area (Å²) in [7, 11) is 0. The Labute approximate surface area is 169 Å². The molecular formula is C18H21F4N3O3S. The van der Waals surface area contributed by atoms with Crippen LogP contribution >= 0.6 is 11.8 Å². The van der Waals surface area contributed by atoms with Gasteiger partial charge in [0.15, 0.2) is 0 Å². The molecule has 0 spiro atoms. The van der Waals surface area contributed by atoms with Crippen molar-refractivity contribution in [3.05, 3.63) is 30.1 Å². The predicted molar refractivity (Wildman–Crippen MR) is 101 cm³/mol. The lowest BCUT2D eigenvalue weighted by atomic mass is 10.2. The number of halogens is 4. The first-order chi connectivity index (χ1) is 13.6. The van der Waals surface area contributed by atoms with E-state index in [0.717, 1.165) is 11.8 Å². The van der Waals surface area contributed by atoms with Crippen molar-refractivity contribution in [2.75, 3.05) is 24.2 Å². The molecule has 1 aromatic rings. The van der Waals surface area contributed by atoms with Crippen molar-refractivity contribution >= 4 is 35.2 Å². The summed E-state index contributed by atoms with van der Waals surface area (Å²) in [5.74, 6) is -2.12. The number of hydrogen-bond acceptors (Lipinski definition) is 4. The highest BCUT2D eigenvalue weighted by Gasteiger charge is 2.37. The average Bonchev–Trinajstić information content (AvgIpc) is 3.14. The van der Waals surface area contributed by atoms with Gasteiger partial charge in [-0.25, -0.2) is 4.39 Å². The molecule has 1 aliphatic rings. The molecule has 1 saturated heterocycles. The smallest absolute Gasteiger partial charge is 0.345 e. The molecule has 2 N–H and O–H groups in total. The third-order valence-electron chi connectivity index (χ3n) is 4.24. The molecular weight excluding hydrogens is 414 g/mol. The number of likely N-dealkylation sites (tertiary alicyclic amines) is 1. The van der Waals surface area contributed by atoms with Crippen LogP contribution in [0.1, 0.15) is 19.8 Å². The molecule has 1 aliphatic heterocycles. The normalized spacial score (nSPS) is 17.7. The third kappa shape index (κ3) is 7.22. The first kappa shape index (κ1) is 23.0. The fourth-order valence-corrected chi connectivity index (χ4v) is 3.60. The van der Waals surface area contributed by atoms with Crippen LogP contribution in [0, 0.1) is 5.82 Å². The quantitative estimate of drug-likeness (QED) is 0.646. The van der Waals surface area contributed by atoms with E-state index in [-0.39, 0.29) is 24.6 Å². The van der Waals surface area contributed by atoms with Crippen molar-refractivity contribution in [2.24, 2.45) is 0 Å². The molecule has 0 saturated carbocycles. The SMILES string of the molecule is CC(SCC(=O)Nc1ccc(F)cc1)C(=O)N1CCCC1C(=O)NCC(F)(F)F. The molecule has 1 aromatic carbocycles. The van der Waals surface area contributed by atoms with E-state index in [0.29, 0.717) is 12.1 Å². The number of carbonyl (C=O) groups is 3. The van der Waals surface area contributed by atoms with E-state index in [9.17, 15) is 31.9 Å². The zero-order chi connectivity index (χ0) is 21.6. The maximum atomic E-state index is 12.9. The fraction of sp³-hybridized carbons (Fsp3) is 0.500. The highest BCUT2D eigenvalue weighted by molar-refractivity contribution is 8.01. The highest BCUT2D eigenvalue weighted by atomic mass is 32.2. The van der Waals surface area contributed by atoms with Crippen LogP contribution in [0.25, 0.3) is 0 Å². The van der Waals surface area contributed by atoms with Crippen molar-refractivity contribution < 1.29 is 31.9 Å². The van der Waals surface area contributed by atoms with Gasteiger partial charge in [0.05, 0.1) is 11.0 Å². The number of alkyl halides is 3. The zero-order valence-corrected chi connectivity index (χ0v) is 16.4. The molecule has 2 atom stereocenters. The van der Waals surface area contributed by atoms with Crippen LogP contribution in [-0.2, 0) is 14.4 Å². The van der Waals surface area contributed by atoms with Crippen LogP contribution in [-0.4, -0.2) is 58.9 Å². The van der Waals surface area contributed by atoms with Gasteiger partial charge in [0.25, 0.3) is 0 Å². The number of rotatable bonds is 7. The second-order valence-electron chi connectivity index (χ2n) is 6.53. The van der Waals surface area contributed by atoms with Crippen LogP contribution in [0.5, 0.6) is 0 Å². The summed E-state index contributed by atoms with van der Waals surface area (Å²) in [5.41, 5.74) is 0.414. The Morgan fingerprint density at radius 1 is 1.24 bits per heavy atom. The molecule has 6 nitrogen and oxygen atoms in total. The molecule has 0 aliphatic carbocycles. The molecule has 2 unspecified atom stereocenters. The fourth-order valence-electron chi connectivity index (χ4n) is 2.84. The first-order valence-electron chi connectivity index (χ1n) is 8.89. The van der Waals surface area contributed by atoms with Crippen LogP contribution in [0.4, 0.5) is 23.2 Å². The van der Waals surface area contributed by atoms with Crippen LogP contribution in [0.15, 0.2) is 24.3 Å². The second-order valence-corrected chi connectivity index (χ2v) is 7.86. The van der Waals surface area contributed by atoms with Gasteiger partial charge in [-0.3, -0.25) is 14.4 Å². The number of thioether (sulfide) groups is 1. The number of nitrogens with one attached hydrogen (secondary N) is 2. The molecule has 11 heteroatoms. The minimum absolute atomic E-state index is 0.0525. The standard InChI is InChI=1S/C18H21F4N3O3S/c1-11(29-9-15(26)24-13-6-4-12(19)5-7-13)17(28)25-8-2-3-14(25)16(27)23-10-18(20,21)22/h4-7,11,14H,2-3,8-10H2,1H3,(H,23,27)(H,24,26). The predicted octanol–water partition coefficient (Wildman–Crippen LogP) is 2.56. The summed E-state index contributed by atoms with van der Waals surface area (Å²) in [6.45, 7) is 0.398. The van der Waals surface area contributed by atoms with E-state index < -0.39 is 41.6 Å². The average molecular weight is 435 g/mol. The summed E-state index contributed by atoms with van der Waals surface area (Å²) in [4.78, 5) is 37.9. The summed E-state index contributed by atoms with van der Waals surface area (Å²) in [5, 5.41) is 3.72. The van der Waals surface area contributed by atoms with Gasteiger partial charge in [-0.1, -0.05) is 0 Å². The molecule has 0 aromatic heterocycles. The summed E-state index contributed by atoms with van der Waals surface area (Å²) in [6, 6.07) is 4.27. The lowest BCUT2D eigenvalue weighted by molar-refractivity contribution is -0.144. The number of nitrogens with zero attached hydrogens (tertiary/aromatic N) is 1. The Balaban J connectivity index is 1.83. The van der Waals surface area contributed by atoms with Crippen molar-refractivity contribution in [3.8, 4) is 0 Å². The monoisotopic (exact) mass is 435 g/mol. The van der Waals surface area contributed by atoms with Crippen LogP contribution in [0.2, 0.25) is 0 Å². The Morgan fingerprint density at radius 2 is 1.90 bits per heavy atom. The van der Waals surface area contributed by atoms with E-state index >= 15 is 0 Å². The minimum Gasteiger partial charge on any atom is -0.345 e. The maximum Gasteiger partial charge on any atom is 0.405 e. The zero-order valence-electron chi connectivity index (χ0n) is 15.6. The summed E-state index contributed by atoms with van der Waals surface area (Å²) >= 11 is 1.04. The van der Waals surface area contributed by atoms with E-state index in [1.165, 1.54) is 29.2 Å². The maximum absolute atomic E-state index is 12.9.